The van der Waals surface area contributed by atoms with Crippen LogP contribution in [0.15, 0.2) is 24.4 Å². The van der Waals surface area contributed by atoms with Gasteiger partial charge in [-0.3, -0.25) is 9.59 Å². The molecular formula is C24H33N7O4. The average molecular weight is 484 g/mol. The fraction of sp³-hybridized carbons (Fsp3) is 0.500. The quantitative estimate of drug-likeness (QED) is 0.533. The topological polar surface area (TPSA) is 123 Å². The first-order valence-electron chi connectivity index (χ1n) is 11.8. The van der Waals surface area contributed by atoms with Crippen LogP contribution in [0.1, 0.15) is 29.6 Å². The third kappa shape index (κ3) is 5.63. The predicted octanol–water partition coefficient (Wildman–Crippen LogP) is 1.22. The molecule has 2 amide bonds. The number of likely N-dealkylation sites (tertiary alicyclic amines) is 1. The maximum atomic E-state index is 12.8. The van der Waals surface area contributed by atoms with Crippen molar-refractivity contribution in [1.82, 2.24) is 20.2 Å². The molecule has 0 bridgehead atoms. The lowest BCUT2D eigenvalue weighted by Crippen LogP contribution is -2.43. The van der Waals surface area contributed by atoms with E-state index in [0.717, 1.165) is 25.9 Å². The Morgan fingerprint density at radius 1 is 1.23 bits per heavy atom. The number of methoxy groups -OCH3 is 1. The van der Waals surface area contributed by atoms with Gasteiger partial charge >= 0.3 is 0 Å². The zero-order chi connectivity index (χ0) is 24.9. The predicted molar refractivity (Wildman–Crippen MR) is 134 cm³/mol. The Hall–Kier alpha value is -3.44. The van der Waals surface area contributed by atoms with Crippen molar-refractivity contribution in [3.63, 3.8) is 0 Å². The van der Waals surface area contributed by atoms with Gasteiger partial charge in [-0.2, -0.15) is 4.98 Å². The van der Waals surface area contributed by atoms with Crippen LogP contribution in [0.5, 0.6) is 5.75 Å². The molecule has 11 heteroatoms. The molecule has 2 aliphatic rings. The highest BCUT2D eigenvalue weighted by Gasteiger charge is 2.26. The molecule has 35 heavy (non-hydrogen) atoms. The molecule has 188 valence electrons. The molecule has 0 radical (unpaired) electrons. The minimum Gasteiger partial charge on any atom is -0.495 e. The number of anilines is 4. The summed E-state index contributed by atoms with van der Waals surface area (Å²) in [6.07, 6.45) is 3.78. The van der Waals surface area contributed by atoms with Crippen LogP contribution in [0, 0.1) is 0 Å². The van der Waals surface area contributed by atoms with Crippen molar-refractivity contribution in [3.8, 4) is 5.75 Å². The van der Waals surface area contributed by atoms with Gasteiger partial charge in [0.1, 0.15) is 11.4 Å². The Balaban J connectivity index is 1.53. The van der Waals surface area contributed by atoms with Crippen LogP contribution in [-0.2, 0) is 4.79 Å². The zero-order valence-corrected chi connectivity index (χ0v) is 20.5. The van der Waals surface area contributed by atoms with Crippen molar-refractivity contribution in [2.75, 3.05) is 69.1 Å². The van der Waals surface area contributed by atoms with E-state index < -0.39 is 0 Å². The van der Waals surface area contributed by atoms with Crippen LogP contribution >= 0.6 is 0 Å². The van der Waals surface area contributed by atoms with Gasteiger partial charge in [0.05, 0.1) is 25.6 Å². The van der Waals surface area contributed by atoms with Crippen LogP contribution in [0.3, 0.4) is 0 Å². The Bertz CT molecular complexity index is 1070. The minimum atomic E-state index is -0.127. The number of hydrogen-bond acceptors (Lipinski definition) is 9. The second-order valence-electron chi connectivity index (χ2n) is 8.91. The number of carbonyl (C=O) groups excluding carboxylic acids is 2. The summed E-state index contributed by atoms with van der Waals surface area (Å²) in [5, 5.41) is 15.8. The summed E-state index contributed by atoms with van der Waals surface area (Å²) in [6.45, 7) is 2.70. The number of fused-ring (bicyclic) bond motifs is 1. The lowest BCUT2D eigenvalue weighted by atomic mass is 10.0. The maximum absolute atomic E-state index is 12.8. The number of ether oxygens (including phenoxy) is 1. The highest BCUT2D eigenvalue weighted by molar-refractivity contribution is 5.97. The second-order valence-corrected chi connectivity index (χ2v) is 8.91. The van der Waals surface area contributed by atoms with E-state index in [4.69, 9.17) is 4.74 Å². The summed E-state index contributed by atoms with van der Waals surface area (Å²) in [4.78, 5) is 39.8. The van der Waals surface area contributed by atoms with Gasteiger partial charge in [0.15, 0.2) is 5.82 Å². The molecule has 0 saturated carbocycles. The number of aliphatic hydroxyl groups is 1. The summed E-state index contributed by atoms with van der Waals surface area (Å²) < 4.78 is 5.53. The van der Waals surface area contributed by atoms with E-state index in [0.29, 0.717) is 54.0 Å². The highest BCUT2D eigenvalue weighted by Crippen LogP contribution is 2.33. The van der Waals surface area contributed by atoms with Gasteiger partial charge < -0.3 is 35.2 Å². The van der Waals surface area contributed by atoms with Crippen molar-refractivity contribution in [1.29, 1.82) is 0 Å². The average Bonchev–Trinajstić information content (AvgIpc) is 2.98. The molecule has 4 rings (SSSR count). The fourth-order valence-corrected chi connectivity index (χ4v) is 4.35. The number of piperidine rings is 1. The molecule has 1 aromatic carbocycles. The molecule has 3 heterocycles. The second kappa shape index (κ2) is 10.9. The summed E-state index contributed by atoms with van der Waals surface area (Å²) >= 11 is 0. The molecule has 1 fully saturated rings. The molecule has 0 spiro atoms. The molecule has 11 nitrogen and oxygen atoms in total. The molecule has 0 aliphatic carbocycles. The first-order valence-corrected chi connectivity index (χ1v) is 11.8. The summed E-state index contributed by atoms with van der Waals surface area (Å²) in [5.74, 6) is 1.21. The van der Waals surface area contributed by atoms with Crippen LogP contribution < -0.4 is 25.2 Å². The Labute approximate surface area is 205 Å². The van der Waals surface area contributed by atoms with Crippen molar-refractivity contribution >= 4 is 35.0 Å². The minimum absolute atomic E-state index is 0.0354. The molecule has 2 aliphatic heterocycles. The largest absolute Gasteiger partial charge is 0.495 e. The van der Waals surface area contributed by atoms with Gasteiger partial charge in [0.25, 0.3) is 5.91 Å². The monoisotopic (exact) mass is 483 g/mol. The number of carbonyl (C=O) groups is 2. The van der Waals surface area contributed by atoms with Gasteiger partial charge in [-0.1, -0.05) is 0 Å². The first-order chi connectivity index (χ1) is 16.9. The molecule has 1 aromatic heterocycles. The summed E-state index contributed by atoms with van der Waals surface area (Å²) in [5.41, 5.74) is 1.71. The number of β-amino-alcohol motifs (C(OH)–C–C–N with tert-alkyl or cyclic N) is 1. The SMILES string of the molecule is COc1cc(C(=O)NC2CCN(C)CC2)ccc1Nc1ncc2c(n1)N(CCO)CCC(=O)N2C. The Morgan fingerprint density at radius 2 is 2.00 bits per heavy atom. The molecular weight excluding hydrogens is 450 g/mol. The van der Waals surface area contributed by atoms with E-state index in [9.17, 15) is 14.7 Å². The van der Waals surface area contributed by atoms with Gasteiger partial charge in [-0.05, 0) is 51.2 Å². The van der Waals surface area contributed by atoms with E-state index in [2.05, 4.69) is 32.5 Å². The van der Waals surface area contributed by atoms with Crippen molar-refractivity contribution in [2.24, 2.45) is 0 Å². The van der Waals surface area contributed by atoms with E-state index in [1.807, 2.05) is 4.90 Å². The van der Waals surface area contributed by atoms with Crippen LogP contribution in [0.2, 0.25) is 0 Å². The lowest BCUT2D eigenvalue weighted by Gasteiger charge is -2.29. The van der Waals surface area contributed by atoms with Gasteiger partial charge in [0, 0.05) is 38.2 Å². The Kier molecular flexibility index (Phi) is 7.67. The smallest absolute Gasteiger partial charge is 0.251 e. The Morgan fingerprint density at radius 3 is 2.71 bits per heavy atom. The third-order valence-electron chi connectivity index (χ3n) is 6.51. The molecule has 2 aromatic rings. The van der Waals surface area contributed by atoms with E-state index in [-0.39, 0.29) is 24.5 Å². The van der Waals surface area contributed by atoms with Gasteiger partial charge in [0.2, 0.25) is 11.9 Å². The third-order valence-corrected chi connectivity index (χ3v) is 6.51. The van der Waals surface area contributed by atoms with Crippen LogP contribution in [0.25, 0.3) is 0 Å². The number of rotatable bonds is 7. The lowest BCUT2D eigenvalue weighted by molar-refractivity contribution is -0.118. The van der Waals surface area contributed by atoms with E-state index in [1.54, 1.807) is 38.6 Å². The van der Waals surface area contributed by atoms with Crippen LogP contribution in [-0.4, -0.2) is 91.8 Å². The van der Waals surface area contributed by atoms with Crippen molar-refractivity contribution in [2.45, 2.75) is 25.3 Å². The first kappa shape index (κ1) is 24.7. The number of aromatic nitrogens is 2. The molecule has 1 saturated heterocycles. The van der Waals surface area contributed by atoms with Gasteiger partial charge in [-0.15, -0.1) is 0 Å². The molecule has 3 N–H and O–H groups in total. The fourth-order valence-electron chi connectivity index (χ4n) is 4.35. The number of hydrogen-bond donors (Lipinski definition) is 3. The number of benzene rings is 1. The summed E-state index contributed by atoms with van der Waals surface area (Å²) in [7, 11) is 5.32. The van der Waals surface area contributed by atoms with Crippen molar-refractivity contribution in [3.05, 3.63) is 30.0 Å². The summed E-state index contributed by atoms with van der Waals surface area (Å²) in [6, 6.07) is 5.37. The number of nitrogens with zero attached hydrogens (tertiary/aromatic N) is 5. The standard InChI is InChI=1S/C24H33N7O4/c1-29-9-6-17(7-10-29)26-23(34)16-4-5-18(20(14-16)35-3)27-24-25-15-19-22(28-24)31(12-13-32)11-8-21(33)30(19)2/h4-5,14-15,17,32H,6-13H2,1-3H3,(H,26,34)(H,25,27,28). The molecule has 0 atom stereocenters. The number of amides is 2. The van der Waals surface area contributed by atoms with Crippen molar-refractivity contribution < 1.29 is 19.4 Å². The van der Waals surface area contributed by atoms with Gasteiger partial charge in [-0.25, -0.2) is 4.98 Å². The maximum Gasteiger partial charge on any atom is 0.251 e. The van der Waals surface area contributed by atoms with E-state index >= 15 is 0 Å². The van der Waals surface area contributed by atoms with Crippen LogP contribution in [0.4, 0.5) is 23.1 Å². The highest BCUT2D eigenvalue weighted by atomic mass is 16.5. The number of nitrogens with one attached hydrogen (secondary N) is 2. The molecule has 0 unspecified atom stereocenters. The van der Waals surface area contributed by atoms with E-state index in [1.165, 1.54) is 4.90 Å². The number of aliphatic hydroxyl groups excluding tert-OH is 1. The zero-order valence-electron chi connectivity index (χ0n) is 20.5. The normalized spacial score (nSPS) is 17.1.